The summed E-state index contributed by atoms with van der Waals surface area (Å²) in [5, 5.41) is 2.35. The number of amidine groups is 1. The van der Waals surface area contributed by atoms with Crippen LogP contribution in [0.15, 0.2) is 29.3 Å². The van der Waals surface area contributed by atoms with E-state index < -0.39 is 24.1 Å². The molecule has 172 valence electrons. The van der Waals surface area contributed by atoms with Crippen LogP contribution >= 0.6 is 0 Å². The molecule has 1 N–H and O–H groups in total. The molecule has 0 spiro atoms. The van der Waals surface area contributed by atoms with Gasteiger partial charge in [-0.2, -0.15) is 0 Å². The third-order valence-electron chi connectivity index (χ3n) is 6.01. The molecule has 2 atom stereocenters. The number of aliphatic imine (C=N–C) groups is 1. The minimum atomic E-state index is -0.729. The highest BCUT2D eigenvalue weighted by Crippen LogP contribution is 2.27. The van der Waals surface area contributed by atoms with Crippen LogP contribution in [0, 0.1) is 5.82 Å². The Morgan fingerprint density at radius 1 is 1.19 bits per heavy atom. The predicted octanol–water partition coefficient (Wildman–Crippen LogP) is 0.690. The molecule has 0 saturated carbocycles. The second kappa shape index (κ2) is 9.11. The van der Waals surface area contributed by atoms with Crippen molar-refractivity contribution in [3.05, 3.63) is 35.6 Å². The van der Waals surface area contributed by atoms with E-state index in [-0.39, 0.29) is 18.5 Å². The molecule has 3 aliphatic heterocycles. The van der Waals surface area contributed by atoms with Crippen LogP contribution in [0.5, 0.6) is 0 Å². The smallest absolute Gasteiger partial charge is 0.409 e. The zero-order chi connectivity index (χ0) is 22.8. The molecule has 3 heterocycles. The van der Waals surface area contributed by atoms with Gasteiger partial charge < -0.3 is 19.4 Å². The molecule has 2 unspecified atom stereocenters. The van der Waals surface area contributed by atoms with Crippen LogP contribution in [0.4, 0.5) is 14.0 Å². The van der Waals surface area contributed by atoms with Gasteiger partial charge in [0.25, 0.3) is 5.91 Å². The summed E-state index contributed by atoms with van der Waals surface area (Å²) in [6.45, 7) is 4.95. The summed E-state index contributed by atoms with van der Waals surface area (Å²) in [5.41, 5.74) is 0.445. The number of carbonyl (C=O) groups is 3. The van der Waals surface area contributed by atoms with Gasteiger partial charge in [-0.3, -0.25) is 15.0 Å². The Morgan fingerprint density at radius 2 is 1.91 bits per heavy atom. The Morgan fingerprint density at radius 3 is 2.59 bits per heavy atom. The average Bonchev–Trinajstić information content (AvgIpc) is 3.13. The van der Waals surface area contributed by atoms with Crippen molar-refractivity contribution in [1.29, 1.82) is 0 Å². The highest BCUT2D eigenvalue weighted by molar-refractivity contribution is 6.04. The van der Waals surface area contributed by atoms with Crippen LogP contribution in [-0.2, 0) is 16.1 Å². The number of likely N-dealkylation sites (N-methyl/N-ethyl adjacent to an activating group) is 1. The average molecular weight is 446 g/mol. The molecule has 0 radical (unpaired) electrons. The number of amides is 4. The summed E-state index contributed by atoms with van der Waals surface area (Å²) in [7, 11) is 1.59. The fourth-order valence-electron chi connectivity index (χ4n) is 4.22. The maximum atomic E-state index is 14.4. The molecule has 0 bridgehead atoms. The van der Waals surface area contributed by atoms with Crippen LogP contribution in [-0.4, -0.2) is 102 Å². The predicted molar refractivity (Wildman–Crippen MR) is 113 cm³/mol. The number of piperazine rings is 1. The number of urea groups is 1. The van der Waals surface area contributed by atoms with Gasteiger partial charge in [0.2, 0.25) is 0 Å². The van der Waals surface area contributed by atoms with Gasteiger partial charge in [-0.05, 0) is 13.0 Å². The number of ether oxygens (including phenoxy) is 1. The number of nitrogens with one attached hydrogen (secondary N) is 1. The van der Waals surface area contributed by atoms with Gasteiger partial charge in [0.05, 0.1) is 13.2 Å². The van der Waals surface area contributed by atoms with Gasteiger partial charge in [-0.1, -0.05) is 18.2 Å². The summed E-state index contributed by atoms with van der Waals surface area (Å²) in [5.74, 6) is -0.191. The van der Waals surface area contributed by atoms with Gasteiger partial charge in [0.1, 0.15) is 11.7 Å². The molecule has 4 amide bonds. The number of fused-ring (bicyclic) bond motifs is 1. The minimum Gasteiger partial charge on any atom is -0.450 e. The topological polar surface area (TPSA) is 97.8 Å². The van der Waals surface area contributed by atoms with Gasteiger partial charge >= 0.3 is 12.1 Å². The lowest BCUT2D eigenvalue weighted by atomic mass is 10.1. The lowest BCUT2D eigenvalue weighted by Gasteiger charge is -2.38. The zero-order valence-electron chi connectivity index (χ0n) is 18.2. The molecule has 0 aliphatic carbocycles. The van der Waals surface area contributed by atoms with Crippen LogP contribution < -0.4 is 5.32 Å². The number of halogens is 1. The summed E-state index contributed by atoms with van der Waals surface area (Å²) >= 11 is 0. The molecule has 2 fully saturated rings. The number of imide groups is 1. The van der Waals surface area contributed by atoms with Crippen molar-refractivity contribution < 1.29 is 23.5 Å². The molecular weight excluding hydrogens is 419 g/mol. The second-order valence-electron chi connectivity index (χ2n) is 7.99. The Balaban J connectivity index is 1.52. The first-order valence-corrected chi connectivity index (χ1v) is 10.7. The molecule has 3 aliphatic rings. The van der Waals surface area contributed by atoms with E-state index >= 15 is 0 Å². The first-order valence-electron chi connectivity index (χ1n) is 10.7. The Kier molecular flexibility index (Phi) is 6.26. The van der Waals surface area contributed by atoms with Crippen LogP contribution in [0.2, 0.25) is 0 Å². The van der Waals surface area contributed by atoms with Crippen LogP contribution in [0.25, 0.3) is 0 Å². The molecule has 32 heavy (non-hydrogen) atoms. The minimum absolute atomic E-state index is 0.158. The van der Waals surface area contributed by atoms with Crippen molar-refractivity contribution in [2.75, 3.05) is 46.4 Å². The van der Waals surface area contributed by atoms with Crippen LogP contribution in [0.3, 0.4) is 0 Å². The number of hydrogen-bond donors (Lipinski definition) is 1. The van der Waals surface area contributed by atoms with E-state index in [0.717, 1.165) is 0 Å². The third-order valence-corrected chi connectivity index (χ3v) is 6.01. The fourth-order valence-corrected chi connectivity index (χ4v) is 4.22. The quantitative estimate of drug-likeness (QED) is 0.715. The van der Waals surface area contributed by atoms with Crippen molar-refractivity contribution in [3.63, 3.8) is 0 Å². The highest BCUT2D eigenvalue weighted by Gasteiger charge is 2.48. The van der Waals surface area contributed by atoms with E-state index in [1.165, 1.54) is 11.0 Å². The van der Waals surface area contributed by atoms with Crippen molar-refractivity contribution in [1.82, 2.24) is 24.9 Å². The van der Waals surface area contributed by atoms with Gasteiger partial charge in [-0.15, -0.1) is 0 Å². The van der Waals surface area contributed by atoms with Crippen molar-refractivity contribution >= 4 is 23.9 Å². The third kappa shape index (κ3) is 4.24. The van der Waals surface area contributed by atoms with E-state index in [2.05, 4.69) is 10.2 Å². The number of nitrogens with zero attached hydrogens (tertiary/aromatic N) is 5. The first kappa shape index (κ1) is 22.0. The Bertz CT molecular complexity index is 933. The Hall–Kier alpha value is -3.21. The molecule has 10 nitrogen and oxygen atoms in total. The highest BCUT2D eigenvalue weighted by atomic mass is 19.1. The molecule has 1 aromatic rings. The van der Waals surface area contributed by atoms with Crippen molar-refractivity contribution in [2.24, 2.45) is 4.99 Å². The SMILES string of the molecule is CCOC(=O)N1CCN(CC2=NC3C(C(=O)NC(=O)N3C)N2Cc2ccccc2F)CC1. The molecule has 11 heteroatoms. The van der Waals surface area contributed by atoms with Gasteiger partial charge in [0, 0.05) is 45.3 Å². The summed E-state index contributed by atoms with van der Waals surface area (Å²) in [4.78, 5) is 48.4. The Labute approximate surface area is 185 Å². The van der Waals surface area contributed by atoms with Gasteiger partial charge in [0.15, 0.2) is 12.2 Å². The standard InChI is InChI=1S/C21H27FN6O4/c1-3-32-21(31)27-10-8-26(9-11-27)13-16-23-18-17(19(29)24-20(30)25(18)2)28(16)12-14-6-4-5-7-15(14)22/h4-7,17-18H,3,8-13H2,1-2H3,(H,24,29,30). The lowest BCUT2D eigenvalue weighted by molar-refractivity contribution is -0.127. The van der Waals surface area contributed by atoms with Crippen molar-refractivity contribution in [2.45, 2.75) is 25.7 Å². The monoisotopic (exact) mass is 446 g/mol. The first-order chi connectivity index (χ1) is 15.4. The number of rotatable bonds is 5. The molecule has 2 saturated heterocycles. The molecular formula is C21H27FN6O4. The summed E-state index contributed by atoms with van der Waals surface area (Å²) < 4.78 is 19.4. The van der Waals surface area contributed by atoms with Gasteiger partial charge in [-0.25, -0.2) is 19.0 Å². The van der Waals surface area contributed by atoms with E-state index in [0.29, 0.717) is 50.7 Å². The summed E-state index contributed by atoms with van der Waals surface area (Å²) in [6.07, 6.45) is -0.992. The maximum absolute atomic E-state index is 14.4. The second-order valence-corrected chi connectivity index (χ2v) is 7.99. The fraction of sp³-hybridized carbons (Fsp3) is 0.524. The van der Waals surface area contributed by atoms with E-state index in [1.54, 1.807) is 42.0 Å². The van der Waals surface area contributed by atoms with E-state index in [4.69, 9.17) is 9.73 Å². The maximum Gasteiger partial charge on any atom is 0.409 e. The number of hydrogen-bond acceptors (Lipinski definition) is 7. The number of carbonyl (C=O) groups excluding carboxylic acids is 3. The normalized spacial score (nSPS) is 23.7. The lowest BCUT2D eigenvalue weighted by Crippen LogP contribution is -2.63. The molecule has 1 aromatic carbocycles. The number of benzene rings is 1. The molecule has 4 rings (SSSR count). The zero-order valence-corrected chi connectivity index (χ0v) is 18.2. The van der Waals surface area contributed by atoms with E-state index in [1.807, 2.05) is 0 Å². The molecule has 0 aromatic heterocycles. The van der Waals surface area contributed by atoms with Crippen molar-refractivity contribution in [3.8, 4) is 0 Å². The summed E-state index contributed by atoms with van der Waals surface area (Å²) in [6, 6.07) is 5.18. The largest absolute Gasteiger partial charge is 0.450 e. The van der Waals surface area contributed by atoms with E-state index in [9.17, 15) is 18.8 Å². The van der Waals surface area contributed by atoms with Crippen LogP contribution in [0.1, 0.15) is 12.5 Å².